The summed E-state index contributed by atoms with van der Waals surface area (Å²) in [7, 11) is 0. The molecule has 1 saturated heterocycles. The number of fused-ring (bicyclic) bond motifs is 1. The Bertz CT molecular complexity index is 661. The first-order valence-corrected chi connectivity index (χ1v) is 7.61. The number of benzene rings is 1. The van der Waals surface area contributed by atoms with Crippen LogP contribution >= 0.6 is 0 Å². The fraction of sp³-hybridized carbons (Fsp3) is 0.471. The van der Waals surface area contributed by atoms with Gasteiger partial charge in [0.15, 0.2) is 0 Å². The summed E-state index contributed by atoms with van der Waals surface area (Å²) in [4.78, 5) is 14.5. The summed E-state index contributed by atoms with van der Waals surface area (Å²) in [5.41, 5.74) is 2.52. The molecule has 0 radical (unpaired) electrons. The second-order valence-corrected chi connectivity index (χ2v) is 5.78. The number of aliphatic hydroxyl groups excluding tert-OH is 1. The van der Waals surface area contributed by atoms with Gasteiger partial charge in [-0.2, -0.15) is 0 Å². The molecule has 1 aliphatic rings. The van der Waals surface area contributed by atoms with E-state index in [2.05, 4.69) is 6.92 Å². The third-order valence-electron chi connectivity index (χ3n) is 4.48. The second-order valence-electron chi connectivity index (χ2n) is 5.78. The Morgan fingerprint density at radius 3 is 3.05 bits per heavy atom. The van der Waals surface area contributed by atoms with Crippen LogP contribution in [0.25, 0.3) is 11.0 Å². The van der Waals surface area contributed by atoms with E-state index in [1.54, 1.807) is 11.2 Å². The standard InChI is InChI=1S/C17H21NO3/c1-3-12-6-7-16-13(9-12)14(10-21-16)17(20)18-8-4-5-15(19)11(18)2/h6-7,9-11,15,19H,3-5,8H2,1-2H3/t11-,15-/m0/s1. The average molecular weight is 287 g/mol. The molecule has 4 nitrogen and oxygen atoms in total. The van der Waals surface area contributed by atoms with Crippen molar-refractivity contribution in [3.8, 4) is 0 Å². The molecule has 1 N–H and O–H groups in total. The number of likely N-dealkylation sites (tertiary alicyclic amines) is 1. The number of nitrogens with zero attached hydrogens (tertiary/aromatic N) is 1. The zero-order valence-corrected chi connectivity index (χ0v) is 12.5. The molecule has 112 valence electrons. The molecule has 21 heavy (non-hydrogen) atoms. The van der Waals surface area contributed by atoms with Gasteiger partial charge in [-0.05, 0) is 43.9 Å². The van der Waals surface area contributed by atoms with Crippen molar-refractivity contribution in [1.82, 2.24) is 4.90 Å². The van der Waals surface area contributed by atoms with Crippen LogP contribution < -0.4 is 0 Å². The summed E-state index contributed by atoms with van der Waals surface area (Å²) < 4.78 is 5.51. The third-order valence-corrected chi connectivity index (χ3v) is 4.48. The highest BCUT2D eigenvalue weighted by molar-refractivity contribution is 6.06. The highest BCUT2D eigenvalue weighted by atomic mass is 16.3. The normalized spacial score (nSPS) is 22.7. The molecule has 1 fully saturated rings. The van der Waals surface area contributed by atoms with Gasteiger partial charge in [-0.1, -0.05) is 13.0 Å². The number of rotatable bonds is 2. The van der Waals surface area contributed by atoms with E-state index in [0.29, 0.717) is 12.1 Å². The first kappa shape index (κ1) is 14.1. The van der Waals surface area contributed by atoms with E-state index in [9.17, 15) is 9.90 Å². The molecular weight excluding hydrogens is 266 g/mol. The molecule has 0 aliphatic carbocycles. The van der Waals surface area contributed by atoms with Gasteiger partial charge in [-0.15, -0.1) is 0 Å². The number of piperidine rings is 1. The Hall–Kier alpha value is -1.81. The van der Waals surface area contributed by atoms with Crippen molar-refractivity contribution in [2.45, 2.75) is 45.3 Å². The maximum Gasteiger partial charge on any atom is 0.258 e. The molecule has 0 bridgehead atoms. The molecule has 1 aromatic heterocycles. The molecular formula is C17H21NO3. The van der Waals surface area contributed by atoms with E-state index in [1.165, 1.54) is 5.56 Å². The van der Waals surface area contributed by atoms with Crippen molar-refractivity contribution in [3.63, 3.8) is 0 Å². The van der Waals surface area contributed by atoms with Crippen LogP contribution in [-0.2, 0) is 6.42 Å². The molecule has 1 amide bonds. The Labute approximate surface area is 124 Å². The molecule has 2 aromatic rings. The first-order chi connectivity index (χ1) is 10.1. The summed E-state index contributed by atoms with van der Waals surface area (Å²) in [5.74, 6) is -0.0479. The predicted molar refractivity (Wildman–Crippen MR) is 81.3 cm³/mol. The monoisotopic (exact) mass is 287 g/mol. The average Bonchev–Trinajstić information content (AvgIpc) is 2.92. The van der Waals surface area contributed by atoms with E-state index in [0.717, 1.165) is 30.2 Å². The van der Waals surface area contributed by atoms with Crippen molar-refractivity contribution in [3.05, 3.63) is 35.6 Å². The van der Waals surface area contributed by atoms with Gasteiger partial charge in [-0.3, -0.25) is 4.79 Å². The van der Waals surface area contributed by atoms with Crippen LogP contribution in [0.3, 0.4) is 0 Å². The minimum atomic E-state index is -0.438. The molecule has 0 saturated carbocycles. The molecule has 1 aliphatic heterocycles. The summed E-state index contributed by atoms with van der Waals surface area (Å²) in [6.07, 6.45) is 3.63. The van der Waals surface area contributed by atoms with E-state index >= 15 is 0 Å². The number of furan rings is 1. The Morgan fingerprint density at radius 1 is 1.48 bits per heavy atom. The lowest BCUT2D eigenvalue weighted by molar-refractivity contribution is 0.0181. The Kier molecular flexibility index (Phi) is 3.72. The van der Waals surface area contributed by atoms with Gasteiger partial charge < -0.3 is 14.4 Å². The number of carbonyl (C=O) groups is 1. The molecule has 1 aromatic carbocycles. The topological polar surface area (TPSA) is 53.7 Å². The highest BCUT2D eigenvalue weighted by Gasteiger charge is 2.31. The minimum Gasteiger partial charge on any atom is -0.463 e. The number of amides is 1. The largest absolute Gasteiger partial charge is 0.463 e. The summed E-state index contributed by atoms with van der Waals surface area (Å²) in [5, 5.41) is 10.8. The van der Waals surface area contributed by atoms with E-state index < -0.39 is 6.10 Å². The number of aryl methyl sites for hydroxylation is 1. The smallest absolute Gasteiger partial charge is 0.258 e. The number of carbonyl (C=O) groups excluding carboxylic acids is 1. The van der Waals surface area contributed by atoms with Crippen LogP contribution in [0, 0.1) is 0 Å². The van der Waals surface area contributed by atoms with Crippen LogP contribution in [0.4, 0.5) is 0 Å². The molecule has 0 unspecified atom stereocenters. The number of hydrogen-bond donors (Lipinski definition) is 1. The molecule has 2 heterocycles. The van der Waals surface area contributed by atoms with Gasteiger partial charge in [0.1, 0.15) is 11.8 Å². The fourth-order valence-electron chi connectivity index (χ4n) is 3.03. The zero-order chi connectivity index (χ0) is 15.0. The number of aliphatic hydroxyl groups is 1. The summed E-state index contributed by atoms with van der Waals surface area (Å²) in [6.45, 7) is 4.69. The van der Waals surface area contributed by atoms with Gasteiger partial charge in [0.05, 0.1) is 17.7 Å². The van der Waals surface area contributed by atoms with Crippen molar-refractivity contribution < 1.29 is 14.3 Å². The van der Waals surface area contributed by atoms with Crippen molar-refractivity contribution in [1.29, 1.82) is 0 Å². The van der Waals surface area contributed by atoms with Crippen LogP contribution in [0.1, 0.15) is 42.6 Å². The SMILES string of the molecule is CCc1ccc2occ(C(=O)N3CCC[C@H](O)[C@@H]3C)c2c1. The summed E-state index contributed by atoms with van der Waals surface area (Å²) >= 11 is 0. The second kappa shape index (κ2) is 5.53. The van der Waals surface area contributed by atoms with Crippen LogP contribution in [-0.4, -0.2) is 34.6 Å². The maximum absolute atomic E-state index is 12.8. The lowest BCUT2D eigenvalue weighted by Gasteiger charge is -2.36. The maximum atomic E-state index is 12.8. The lowest BCUT2D eigenvalue weighted by atomic mass is 9.99. The lowest BCUT2D eigenvalue weighted by Crippen LogP contribution is -2.49. The van der Waals surface area contributed by atoms with Gasteiger partial charge in [0, 0.05) is 11.9 Å². The zero-order valence-electron chi connectivity index (χ0n) is 12.5. The van der Waals surface area contributed by atoms with Crippen LogP contribution in [0.5, 0.6) is 0 Å². The molecule has 4 heteroatoms. The number of hydrogen-bond acceptors (Lipinski definition) is 3. The third kappa shape index (κ3) is 2.44. The Balaban J connectivity index is 1.97. The van der Waals surface area contributed by atoms with E-state index in [-0.39, 0.29) is 11.9 Å². The first-order valence-electron chi connectivity index (χ1n) is 7.61. The highest BCUT2D eigenvalue weighted by Crippen LogP contribution is 2.27. The summed E-state index contributed by atoms with van der Waals surface area (Å²) in [6, 6.07) is 5.81. The van der Waals surface area contributed by atoms with Gasteiger partial charge in [0.2, 0.25) is 0 Å². The fourth-order valence-corrected chi connectivity index (χ4v) is 3.03. The Morgan fingerprint density at radius 2 is 2.29 bits per heavy atom. The van der Waals surface area contributed by atoms with Gasteiger partial charge in [-0.25, -0.2) is 0 Å². The van der Waals surface area contributed by atoms with Crippen molar-refractivity contribution in [2.24, 2.45) is 0 Å². The van der Waals surface area contributed by atoms with Gasteiger partial charge in [0.25, 0.3) is 5.91 Å². The van der Waals surface area contributed by atoms with Crippen molar-refractivity contribution >= 4 is 16.9 Å². The minimum absolute atomic E-state index is 0.0479. The van der Waals surface area contributed by atoms with E-state index in [1.807, 2.05) is 25.1 Å². The quantitative estimate of drug-likeness (QED) is 0.924. The van der Waals surface area contributed by atoms with Crippen LogP contribution in [0.15, 0.2) is 28.9 Å². The van der Waals surface area contributed by atoms with Gasteiger partial charge >= 0.3 is 0 Å². The van der Waals surface area contributed by atoms with E-state index in [4.69, 9.17) is 4.42 Å². The predicted octanol–water partition coefficient (Wildman–Crippen LogP) is 2.98. The molecule has 0 spiro atoms. The molecule has 2 atom stereocenters. The van der Waals surface area contributed by atoms with Crippen molar-refractivity contribution in [2.75, 3.05) is 6.54 Å². The van der Waals surface area contributed by atoms with Crippen LogP contribution in [0.2, 0.25) is 0 Å². The molecule has 3 rings (SSSR count).